The molecule has 0 unspecified atom stereocenters. The number of carbonyl (C=O) groups excluding carboxylic acids is 1. The molecule has 5 rings (SSSR count). The molecule has 0 spiro atoms. The zero-order chi connectivity index (χ0) is 28.2. The summed E-state index contributed by atoms with van der Waals surface area (Å²) in [5.41, 5.74) is 9.45. The molecule has 2 heterocycles. The van der Waals surface area contributed by atoms with Crippen LogP contribution in [0, 0.1) is 5.82 Å². The van der Waals surface area contributed by atoms with Crippen LogP contribution in [0.15, 0.2) is 66.0 Å². The molecule has 0 aliphatic heterocycles. The highest BCUT2D eigenvalue weighted by atomic mass is 32.1. The molecule has 9 nitrogen and oxygen atoms in total. The number of nitrogens with one attached hydrogen (secondary N) is 2. The number of carbonyl (C=O) groups is 1. The van der Waals surface area contributed by atoms with Gasteiger partial charge in [-0.05, 0) is 36.4 Å². The smallest absolute Gasteiger partial charge is 0.255 e. The van der Waals surface area contributed by atoms with Crippen molar-refractivity contribution in [3.8, 4) is 38.4 Å². The van der Waals surface area contributed by atoms with Crippen molar-refractivity contribution >= 4 is 50.9 Å². The molecule has 1 amide bonds. The Bertz CT molecular complexity index is 1640. The van der Waals surface area contributed by atoms with Crippen molar-refractivity contribution in [3.05, 3.63) is 77.4 Å². The topological polar surface area (TPSA) is 121 Å². The van der Waals surface area contributed by atoms with Gasteiger partial charge in [0, 0.05) is 40.0 Å². The number of nitrogens with zero attached hydrogens (tertiary/aromatic N) is 2. The number of amides is 1. The van der Waals surface area contributed by atoms with E-state index in [0.717, 1.165) is 16.1 Å². The van der Waals surface area contributed by atoms with E-state index >= 15 is 0 Å². The minimum atomic E-state index is -0.399. The maximum absolute atomic E-state index is 13.2. The molecule has 0 aliphatic rings. The molecule has 4 N–H and O–H groups in total. The first-order chi connectivity index (χ1) is 19.4. The second-order valence-corrected chi connectivity index (χ2v) is 10.2. The molecular weight excluding hydrogens is 553 g/mol. The third kappa shape index (κ3) is 5.67. The van der Waals surface area contributed by atoms with E-state index in [9.17, 15) is 9.18 Å². The van der Waals surface area contributed by atoms with E-state index in [2.05, 4.69) is 15.6 Å². The summed E-state index contributed by atoms with van der Waals surface area (Å²) in [4.78, 5) is 22.5. The molecule has 0 saturated carbocycles. The minimum Gasteiger partial charge on any atom is -0.493 e. The number of hydrogen-bond donors (Lipinski definition) is 3. The zero-order valence-corrected chi connectivity index (χ0v) is 23.3. The number of methoxy groups -OCH3 is 3. The summed E-state index contributed by atoms with van der Waals surface area (Å²) in [6, 6.07) is 16.3. The van der Waals surface area contributed by atoms with Gasteiger partial charge >= 0.3 is 0 Å². The number of thiazole rings is 2. The van der Waals surface area contributed by atoms with E-state index in [0.29, 0.717) is 50.1 Å². The molecule has 0 bridgehead atoms. The average Bonchev–Trinajstić information content (AvgIpc) is 3.59. The van der Waals surface area contributed by atoms with Crippen molar-refractivity contribution in [1.82, 2.24) is 9.97 Å². The van der Waals surface area contributed by atoms with Crippen LogP contribution in [-0.4, -0.2) is 37.2 Å². The van der Waals surface area contributed by atoms with Crippen LogP contribution in [0.5, 0.6) is 17.2 Å². The van der Waals surface area contributed by atoms with Gasteiger partial charge in [-0.2, -0.15) is 0 Å². The summed E-state index contributed by atoms with van der Waals surface area (Å²) in [6.07, 6.45) is 0. The maximum Gasteiger partial charge on any atom is 0.255 e. The average molecular weight is 578 g/mol. The Morgan fingerprint density at radius 2 is 1.65 bits per heavy atom. The lowest BCUT2D eigenvalue weighted by atomic mass is 10.1. The van der Waals surface area contributed by atoms with E-state index in [1.54, 1.807) is 39.5 Å². The second-order valence-electron chi connectivity index (χ2n) is 8.35. The lowest BCUT2D eigenvalue weighted by molar-refractivity contribution is 0.102. The number of nitrogen functional groups attached to an aromatic ring is 1. The Labute approximate surface area is 237 Å². The van der Waals surface area contributed by atoms with Crippen LogP contribution in [0.3, 0.4) is 0 Å². The van der Waals surface area contributed by atoms with Crippen LogP contribution < -0.4 is 30.6 Å². The van der Waals surface area contributed by atoms with Gasteiger partial charge in [-0.25, -0.2) is 14.4 Å². The Balaban J connectivity index is 1.34. The molecule has 2 aromatic heterocycles. The number of rotatable bonds is 9. The Morgan fingerprint density at radius 1 is 0.925 bits per heavy atom. The van der Waals surface area contributed by atoms with Crippen molar-refractivity contribution in [2.24, 2.45) is 0 Å². The van der Waals surface area contributed by atoms with E-state index in [-0.39, 0.29) is 5.91 Å². The van der Waals surface area contributed by atoms with Gasteiger partial charge in [0.1, 0.15) is 21.5 Å². The SMILES string of the molecule is COc1cc(Nc2nc(N)c(-c3nc(-c4cccc(NC(=O)c5ccc(F)cc5)c4)cs3)s2)cc(OC)c1OC. The molecule has 12 heteroatoms. The predicted octanol–water partition coefficient (Wildman–Crippen LogP) is 6.68. The third-order valence-electron chi connectivity index (χ3n) is 5.79. The predicted molar refractivity (Wildman–Crippen MR) is 157 cm³/mol. The van der Waals surface area contributed by atoms with Crippen LogP contribution in [0.25, 0.3) is 21.1 Å². The number of hydrogen-bond acceptors (Lipinski definition) is 10. The summed E-state index contributed by atoms with van der Waals surface area (Å²) >= 11 is 2.81. The summed E-state index contributed by atoms with van der Waals surface area (Å²) in [7, 11) is 4.65. The van der Waals surface area contributed by atoms with Gasteiger partial charge in [-0.15, -0.1) is 11.3 Å². The van der Waals surface area contributed by atoms with E-state index in [4.69, 9.17) is 24.9 Å². The highest BCUT2D eigenvalue weighted by Crippen LogP contribution is 2.43. The van der Waals surface area contributed by atoms with Crippen molar-refractivity contribution in [3.63, 3.8) is 0 Å². The quantitative estimate of drug-likeness (QED) is 0.178. The molecule has 40 heavy (non-hydrogen) atoms. The van der Waals surface area contributed by atoms with Gasteiger partial charge < -0.3 is 30.6 Å². The normalized spacial score (nSPS) is 10.7. The number of nitrogens with two attached hydrogens (primary N) is 1. The van der Waals surface area contributed by atoms with Crippen molar-refractivity contribution < 1.29 is 23.4 Å². The second kappa shape index (κ2) is 11.6. The van der Waals surface area contributed by atoms with Crippen LogP contribution in [0.1, 0.15) is 10.4 Å². The van der Waals surface area contributed by atoms with Gasteiger partial charge in [0.05, 0.1) is 27.0 Å². The van der Waals surface area contributed by atoms with E-state index in [1.807, 2.05) is 23.6 Å². The molecule has 0 radical (unpaired) electrons. The molecule has 0 fully saturated rings. The van der Waals surface area contributed by atoms with Crippen LogP contribution in [0.2, 0.25) is 0 Å². The fourth-order valence-electron chi connectivity index (χ4n) is 3.89. The van der Waals surface area contributed by atoms with Gasteiger partial charge in [-0.3, -0.25) is 4.79 Å². The summed E-state index contributed by atoms with van der Waals surface area (Å²) in [5, 5.41) is 9.28. The zero-order valence-electron chi connectivity index (χ0n) is 21.7. The highest BCUT2D eigenvalue weighted by Gasteiger charge is 2.18. The van der Waals surface area contributed by atoms with Crippen LogP contribution >= 0.6 is 22.7 Å². The molecular formula is C28H24FN5O4S2. The molecule has 5 aromatic rings. The van der Waals surface area contributed by atoms with Gasteiger partial charge in [-0.1, -0.05) is 23.5 Å². The first-order valence-corrected chi connectivity index (χ1v) is 13.5. The first-order valence-electron chi connectivity index (χ1n) is 11.8. The third-order valence-corrected chi connectivity index (χ3v) is 7.77. The van der Waals surface area contributed by atoms with Gasteiger partial charge in [0.15, 0.2) is 16.6 Å². The summed E-state index contributed by atoms with van der Waals surface area (Å²) in [5.74, 6) is 1.12. The number of halogens is 1. The first kappa shape index (κ1) is 26.9. The molecule has 0 saturated heterocycles. The molecule has 0 atom stereocenters. The van der Waals surface area contributed by atoms with Gasteiger partial charge in [0.25, 0.3) is 5.91 Å². The lowest BCUT2D eigenvalue weighted by Crippen LogP contribution is -2.11. The number of ether oxygens (including phenoxy) is 3. The molecule has 3 aromatic carbocycles. The van der Waals surface area contributed by atoms with Crippen molar-refractivity contribution in [1.29, 1.82) is 0 Å². The Morgan fingerprint density at radius 3 is 2.33 bits per heavy atom. The standard InChI is InChI=1S/C28H24FN5O4S2/c1-36-21-12-19(13-22(37-2)23(21)38-3)32-28-34-25(30)24(40-28)27-33-20(14-39-27)16-5-4-6-18(11-16)31-26(35)15-7-9-17(29)10-8-15/h4-14H,30H2,1-3H3,(H,31,35)(H,32,34). The Kier molecular flexibility index (Phi) is 7.80. The molecule has 204 valence electrons. The minimum absolute atomic E-state index is 0.333. The van der Waals surface area contributed by atoms with Crippen LogP contribution in [0.4, 0.5) is 26.7 Å². The summed E-state index contributed by atoms with van der Waals surface area (Å²) in [6.45, 7) is 0. The highest BCUT2D eigenvalue weighted by molar-refractivity contribution is 7.23. The van der Waals surface area contributed by atoms with Gasteiger partial charge in [0.2, 0.25) is 5.75 Å². The number of aromatic nitrogens is 2. The largest absolute Gasteiger partial charge is 0.493 e. The number of benzene rings is 3. The monoisotopic (exact) mass is 577 g/mol. The fourth-order valence-corrected chi connectivity index (χ4v) is 5.72. The van der Waals surface area contributed by atoms with Crippen LogP contribution in [-0.2, 0) is 0 Å². The fraction of sp³-hybridized carbons (Fsp3) is 0.107. The lowest BCUT2D eigenvalue weighted by Gasteiger charge is -2.14. The Hall–Kier alpha value is -4.68. The van der Waals surface area contributed by atoms with E-state index < -0.39 is 5.82 Å². The maximum atomic E-state index is 13.2. The van der Waals surface area contributed by atoms with Crippen molar-refractivity contribution in [2.45, 2.75) is 0 Å². The van der Waals surface area contributed by atoms with Crippen molar-refractivity contribution in [2.75, 3.05) is 37.7 Å². The van der Waals surface area contributed by atoms with E-state index in [1.165, 1.54) is 46.9 Å². The summed E-state index contributed by atoms with van der Waals surface area (Å²) < 4.78 is 29.4. The number of anilines is 4. The molecule has 0 aliphatic carbocycles.